The van der Waals surface area contributed by atoms with E-state index in [1.807, 2.05) is 6.92 Å². The van der Waals surface area contributed by atoms with Gasteiger partial charge in [-0.15, -0.1) is 0 Å². The highest BCUT2D eigenvalue weighted by Crippen LogP contribution is 2.50. The predicted octanol–water partition coefficient (Wildman–Crippen LogP) is 4.55. The van der Waals surface area contributed by atoms with Gasteiger partial charge in [-0.05, 0) is 63.7 Å². The molecule has 1 aromatic heterocycles. The Labute approximate surface area is 131 Å². The van der Waals surface area contributed by atoms with Crippen molar-refractivity contribution in [2.24, 2.45) is 17.8 Å². The third-order valence-corrected chi connectivity index (χ3v) is 6.21. The SMILES string of the molecule is Cc1c(Cl)nc(C2CC2)nc1NC(C)C1CC2CCC1C2. The lowest BCUT2D eigenvalue weighted by Crippen LogP contribution is -2.30. The van der Waals surface area contributed by atoms with E-state index >= 15 is 0 Å². The molecule has 4 heteroatoms. The zero-order valence-electron chi connectivity index (χ0n) is 12.9. The molecule has 114 valence electrons. The number of nitrogens with one attached hydrogen (secondary N) is 1. The van der Waals surface area contributed by atoms with E-state index < -0.39 is 0 Å². The standard InChI is InChI=1S/C17H24ClN3/c1-9-15(18)20-17(12-5-6-12)21-16(9)19-10(2)14-8-11-3-4-13(14)7-11/h10-14H,3-8H2,1-2H3,(H,19,20,21). The average molecular weight is 306 g/mol. The van der Waals surface area contributed by atoms with Crippen LogP contribution in [-0.2, 0) is 0 Å². The molecule has 4 unspecified atom stereocenters. The minimum absolute atomic E-state index is 0.483. The third kappa shape index (κ3) is 2.54. The summed E-state index contributed by atoms with van der Waals surface area (Å²) in [5.74, 6) is 5.17. The maximum absolute atomic E-state index is 6.31. The van der Waals surface area contributed by atoms with Crippen LogP contribution in [0.15, 0.2) is 0 Å². The van der Waals surface area contributed by atoms with Gasteiger partial charge in [-0.25, -0.2) is 9.97 Å². The first-order valence-electron chi connectivity index (χ1n) is 8.42. The quantitative estimate of drug-likeness (QED) is 0.829. The molecule has 0 aliphatic heterocycles. The van der Waals surface area contributed by atoms with Crippen LogP contribution in [0, 0.1) is 24.7 Å². The number of hydrogen-bond acceptors (Lipinski definition) is 3. The van der Waals surface area contributed by atoms with Crippen LogP contribution in [0.4, 0.5) is 5.82 Å². The van der Waals surface area contributed by atoms with Crippen molar-refractivity contribution in [3.63, 3.8) is 0 Å². The minimum Gasteiger partial charge on any atom is -0.367 e. The van der Waals surface area contributed by atoms with Crippen molar-refractivity contribution in [1.29, 1.82) is 0 Å². The summed E-state index contributed by atoms with van der Waals surface area (Å²) in [5, 5.41) is 4.29. The number of hydrogen-bond donors (Lipinski definition) is 1. The summed E-state index contributed by atoms with van der Waals surface area (Å²) in [6, 6.07) is 0.483. The lowest BCUT2D eigenvalue weighted by atomic mass is 9.84. The Kier molecular flexibility index (Phi) is 3.36. The maximum Gasteiger partial charge on any atom is 0.137 e. The first-order chi connectivity index (χ1) is 10.1. The van der Waals surface area contributed by atoms with Crippen molar-refractivity contribution in [3.05, 3.63) is 16.5 Å². The molecule has 1 N–H and O–H groups in total. The molecule has 3 saturated carbocycles. The fourth-order valence-corrected chi connectivity index (χ4v) is 4.58. The van der Waals surface area contributed by atoms with Gasteiger partial charge in [-0.2, -0.15) is 0 Å². The summed E-state index contributed by atoms with van der Waals surface area (Å²) in [5.41, 5.74) is 0.996. The summed E-state index contributed by atoms with van der Waals surface area (Å²) in [6.45, 7) is 4.34. The van der Waals surface area contributed by atoms with Crippen LogP contribution in [0.25, 0.3) is 0 Å². The Balaban J connectivity index is 1.53. The highest BCUT2D eigenvalue weighted by Gasteiger charge is 2.42. The molecule has 3 fully saturated rings. The highest BCUT2D eigenvalue weighted by molar-refractivity contribution is 6.30. The Morgan fingerprint density at radius 1 is 1.14 bits per heavy atom. The molecule has 3 nitrogen and oxygen atoms in total. The summed E-state index contributed by atoms with van der Waals surface area (Å²) in [7, 11) is 0. The topological polar surface area (TPSA) is 37.8 Å². The van der Waals surface area contributed by atoms with Gasteiger partial charge in [0.1, 0.15) is 16.8 Å². The van der Waals surface area contributed by atoms with Crippen molar-refractivity contribution in [2.45, 2.75) is 64.3 Å². The van der Waals surface area contributed by atoms with E-state index in [1.165, 1.54) is 38.5 Å². The lowest BCUT2D eigenvalue weighted by Gasteiger charge is -2.29. The lowest BCUT2D eigenvalue weighted by molar-refractivity contribution is 0.304. The number of fused-ring (bicyclic) bond motifs is 2. The largest absolute Gasteiger partial charge is 0.367 e. The van der Waals surface area contributed by atoms with Gasteiger partial charge in [0, 0.05) is 17.5 Å². The molecule has 0 aromatic carbocycles. The van der Waals surface area contributed by atoms with Crippen LogP contribution >= 0.6 is 11.6 Å². The van der Waals surface area contributed by atoms with Crippen molar-refractivity contribution >= 4 is 17.4 Å². The highest BCUT2D eigenvalue weighted by atomic mass is 35.5. The van der Waals surface area contributed by atoms with Crippen molar-refractivity contribution < 1.29 is 0 Å². The molecule has 1 heterocycles. The molecular formula is C17H24ClN3. The van der Waals surface area contributed by atoms with Gasteiger partial charge in [0.05, 0.1) is 0 Å². The second-order valence-corrected chi connectivity index (χ2v) is 7.75. The molecule has 4 rings (SSSR count). The van der Waals surface area contributed by atoms with E-state index in [0.717, 1.165) is 35.0 Å². The number of nitrogens with zero attached hydrogens (tertiary/aromatic N) is 2. The maximum atomic E-state index is 6.31. The van der Waals surface area contributed by atoms with Gasteiger partial charge >= 0.3 is 0 Å². The van der Waals surface area contributed by atoms with Crippen LogP contribution < -0.4 is 5.32 Å². The zero-order chi connectivity index (χ0) is 14.6. The number of anilines is 1. The molecule has 3 aliphatic carbocycles. The molecule has 4 atom stereocenters. The van der Waals surface area contributed by atoms with E-state index in [-0.39, 0.29) is 0 Å². The normalized spacial score (nSPS) is 32.4. The molecule has 0 radical (unpaired) electrons. The second kappa shape index (κ2) is 5.12. The van der Waals surface area contributed by atoms with E-state index in [9.17, 15) is 0 Å². The van der Waals surface area contributed by atoms with E-state index in [1.54, 1.807) is 0 Å². The van der Waals surface area contributed by atoms with Gasteiger partial charge in [0.25, 0.3) is 0 Å². The van der Waals surface area contributed by atoms with Gasteiger partial charge in [0.2, 0.25) is 0 Å². The Morgan fingerprint density at radius 2 is 1.95 bits per heavy atom. The third-order valence-electron chi connectivity index (χ3n) is 5.85. The summed E-state index contributed by atoms with van der Waals surface area (Å²) in [6.07, 6.45) is 8.15. The Hall–Kier alpha value is -0.830. The van der Waals surface area contributed by atoms with Crippen LogP contribution in [0.5, 0.6) is 0 Å². The number of aromatic nitrogens is 2. The van der Waals surface area contributed by atoms with Gasteiger partial charge < -0.3 is 5.32 Å². The summed E-state index contributed by atoms with van der Waals surface area (Å²) in [4.78, 5) is 9.21. The fourth-order valence-electron chi connectivity index (χ4n) is 4.40. The second-order valence-electron chi connectivity index (χ2n) is 7.39. The molecule has 1 aromatic rings. The van der Waals surface area contributed by atoms with Gasteiger partial charge in [0.15, 0.2) is 0 Å². The summed E-state index contributed by atoms with van der Waals surface area (Å²) < 4.78 is 0. The smallest absolute Gasteiger partial charge is 0.137 e. The summed E-state index contributed by atoms with van der Waals surface area (Å²) >= 11 is 6.31. The van der Waals surface area contributed by atoms with E-state index in [0.29, 0.717) is 17.1 Å². The van der Waals surface area contributed by atoms with E-state index in [4.69, 9.17) is 16.6 Å². The first kappa shape index (κ1) is 13.8. The molecular weight excluding hydrogens is 282 g/mol. The van der Waals surface area contributed by atoms with Crippen LogP contribution in [0.1, 0.15) is 62.8 Å². The number of rotatable bonds is 4. The molecule has 21 heavy (non-hydrogen) atoms. The molecule has 2 bridgehead atoms. The van der Waals surface area contributed by atoms with Gasteiger partial charge in [-0.3, -0.25) is 0 Å². The Bertz CT molecular complexity index is 555. The Morgan fingerprint density at radius 3 is 2.57 bits per heavy atom. The minimum atomic E-state index is 0.483. The van der Waals surface area contributed by atoms with Crippen LogP contribution in [-0.4, -0.2) is 16.0 Å². The van der Waals surface area contributed by atoms with Gasteiger partial charge in [-0.1, -0.05) is 18.0 Å². The molecule has 0 spiro atoms. The molecule has 0 amide bonds. The monoisotopic (exact) mass is 305 g/mol. The van der Waals surface area contributed by atoms with E-state index in [2.05, 4.69) is 17.2 Å². The molecule has 0 saturated heterocycles. The van der Waals surface area contributed by atoms with Crippen molar-refractivity contribution in [2.75, 3.05) is 5.32 Å². The first-order valence-corrected chi connectivity index (χ1v) is 8.80. The van der Waals surface area contributed by atoms with Crippen molar-refractivity contribution in [3.8, 4) is 0 Å². The fraction of sp³-hybridized carbons (Fsp3) is 0.765. The number of halogens is 1. The van der Waals surface area contributed by atoms with Crippen molar-refractivity contribution in [1.82, 2.24) is 9.97 Å². The molecule has 3 aliphatic rings. The van der Waals surface area contributed by atoms with Crippen LogP contribution in [0.3, 0.4) is 0 Å². The zero-order valence-corrected chi connectivity index (χ0v) is 13.7. The average Bonchev–Trinajstić information content (AvgIpc) is 3.10. The predicted molar refractivity (Wildman–Crippen MR) is 85.8 cm³/mol. The van der Waals surface area contributed by atoms with Crippen LogP contribution in [0.2, 0.25) is 5.15 Å².